The highest BCUT2D eigenvalue weighted by Crippen LogP contribution is 2.25. The lowest BCUT2D eigenvalue weighted by Gasteiger charge is -2.03. The van der Waals surface area contributed by atoms with Crippen molar-refractivity contribution in [2.24, 2.45) is 0 Å². The Hall–Kier alpha value is -2.03. The molecular formula is C14H7F3. The van der Waals surface area contributed by atoms with Crippen LogP contribution < -0.4 is 0 Å². The van der Waals surface area contributed by atoms with Gasteiger partial charge >= 0.3 is 0 Å². The second-order valence-electron chi connectivity index (χ2n) is 3.96. The first-order chi connectivity index (χ1) is 8.13. The number of hydrogen-bond donors (Lipinski definition) is 0. The molecule has 0 saturated heterocycles. The first-order valence-corrected chi connectivity index (χ1v) is 5.11. The molecule has 3 heteroatoms. The smallest absolute Gasteiger partial charge is 0.159 e. The zero-order valence-electron chi connectivity index (χ0n) is 8.68. The van der Waals surface area contributed by atoms with Gasteiger partial charge in [-0.05, 0) is 57.9 Å². The van der Waals surface area contributed by atoms with E-state index in [0.29, 0.717) is 16.2 Å². The number of hydrogen-bond acceptors (Lipinski definition) is 0. The molecule has 0 aliphatic heterocycles. The molecule has 0 amide bonds. The summed E-state index contributed by atoms with van der Waals surface area (Å²) < 4.78 is 39.2. The first kappa shape index (κ1) is 10.1. The molecule has 84 valence electrons. The molecule has 0 fully saturated rings. The third-order valence-corrected chi connectivity index (χ3v) is 2.80. The van der Waals surface area contributed by atoms with Crippen LogP contribution in [0.5, 0.6) is 0 Å². The van der Waals surface area contributed by atoms with Crippen LogP contribution in [0.1, 0.15) is 0 Å². The topological polar surface area (TPSA) is 0 Å². The molecule has 0 atom stereocenters. The van der Waals surface area contributed by atoms with Gasteiger partial charge in [-0.1, -0.05) is 6.07 Å². The molecule has 3 aromatic rings. The summed E-state index contributed by atoms with van der Waals surface area (Å²) in [5.41, 5.74) is 0. The molecule has 3 aromatic carbocycles. The fourth-order valence-electron chi connectivity index (χ4n) is 1.96. The normalized spacial score (nSPS) is 11.2. The van der Waals surface area contributed by atoms with Gasteiger partial charge < -0.3 is 0 Å². The lowest BCUT2D eigenvalue weighted by Crippen LogP contribution is -1.85. The van der Waals surface area contributed by atoms with E-state index in [9.17, 15) is 13.2 Å². The van der Waals surface area contributed by atoms with Crippen LogP contribution in [-0.2, 0) is 0 Å². The highest BCUT2D eigenvalue weighted by Gasteiger charge is 2.05. The van der Waals surface area contributed by atoms with Gasteiger partial charge in [0.1, 0.15) is 5.82 Å². The molecule has 0 spiro atoms. The van der Waals surface area contributed by atoms with Crippen molar-refractivity contribution in [2.45, 2.75) is 0 Å². The summed E-state index contributed by atoms with van der Waals surface area (Å²) in [6.07, 6.45) is 0. The van der Waals surface area contributed by atoms with Crippen LogP contribution in [0.15, 0.2) is 42.5 Å². The maximum atomic E-state index is 13.1. The Labute approximate surface area is 95.3 Å². The van der Waals surface area contributed by atoms with E-state index >= 15 is 0 Å². The van der Waals surface area contributed by atoms with Gasteiger partial charge in [-0.25, -0.2) is 13.2 Å². The molecule has 0 unspecified atom stereocenters. The Morgan fingerprint density at radius 1 is 0.529 bits per heavy atom. The minimum absolute atomic E-state index is 0.348. The van der Waals surface area contributed by atoms with Crippen molar-refractivity contribution in [2.75, 3.05) is 0 Å². The van der Waals surface area contributed by atoms with Crippen molar-refractivity contribution in [1.82, 2.24) is 0 Å². The van der Waals surface area contributed by atoms with Crippen LogP contribution in [0, 0.1) is 17.5 Å². The third kappa shape index (κ3) is 1.64. The lowest BCUT2D eigenvalue weighted by atomic mass is 10.0. The number of fused-ring (bicyclic) bond motifs is 2. The highest BCUT2D eigenvalue weighted by molar-refractivity contribution is 5.98. The second kappa shape index (κ2) is 3.48. The quantitative estimate of drug-likeness (QED) is 0.503. The summed E-state index contributed by atoms with van der Waals surface area (Å²) in [5, 5.41) is 2.62. The van der Waals surface area contributed by atoms with Gasteiger partial charge in [-0.15, -0.1) is 0 Å². The van der Waals surface area contributed by atoms with E-state index in [1.807, 2.05) is 0 Å². The molecule has 0 nitrogen and oxygen atoms in total. The van der Waals surface area contributed by atoms with E-state index in [0.717, 1.165) is 17.5 Å². The van der Waals surface area contributed by atoms with Crippen molar-refractivity contribution < 1.29 is 13.2 Å². The average Bonchev–Trinajstić information content (AvgIpc) is 2.28. The van der Waals surface area contributed by atoms with Gasteiger partial charge in [0.2, 0.25) is 0 Å². The summed E-state index contributed by atoms with van der Waals surface area (Å²) in [7, 11) is 0. The maximum absolute atomic E-state index is 13.1. The van der Waals surface area contributed by atoms with Crippen LogP contribution >= 0.6 is 0 Å². The van der Waals surface area contributed by atoms with Crippen molar-refractivity contribution in [3.05, 3.63) is 59.9 Å². The van der Waals surface area contributed by atoms with Gasteiger partial charge in [0.25, 0.3) is 0 Å². The van der Waals surface area contributed by atoms with E-state index in [2.05, 4.69) is 0 Å². The molecule has 0 aromatic heterocycles. The zero-order valence-corrected chi connectivity index (χ0v) is 8.68. The van der Waals surface area contributed by atoms with Gasteiger partial charge in [0, 0.05) is 0 Å². The van der Waals surface area contributed by atoms with Crippen LogP contribution in [0.4, 0.5) is 13.2 Å². The predicted molar refractivity (Wildman–Crippen MR) is 61.3 cm³/mol. The Bertz CT molecular complexity index is 732. The summed E-state index contributed by atoms with van der Waals surface area (Å²) in [5.74, 6) is -2.12. The van der Waals surface area contributed by atoms with Gasteiger partial charge in [0.15, 0.2) is 11.6 Å². The van der Waals surface area contributed by atoms with Gasteiger partial charge in [0.05, 0.1) is 0 Å². The first-order valence-electron chi connectivity index (χ1n) is 5.11. The standard InChI is InChI=1S/C14H7F3/c15-12-2-1-8-3-10-6-13(16)14(17)7-11(10)4-9(8)5-12/h1-7H. The summed E-state index contributed by atoms with van der Waals surface area (Å²) >= 11 is 0. The average molecular weight is 232 g/mol. The molecule has 0 aliphatic carbocycles. The van der Waals surface area contributed by atoms with E-state index < -0.39 is 11.6 Å². The zero-order chi connectivity index (χ0) is 12.0. The minimum Gasteiger partial charge on any atom is -0.207 e. The van der Waals surface area contributed by atoms with Crippen LogP contribution in [0.3, 0.4) is 0 Å². The Balaban J connectivity index is 2.43. The van der Waals surface area contributed by atoms with Crippen LogP contribution in [0.2, 0.25) is 0 Å². The minimum atomic E-state index is -0.895. The van der Waals surface area contributed by atoms with Gasteiger partial charge in [-0.2, -0.15) is 0 Å². The fourth-order valence-corrected chi connectivity index (χ4v) is 1.96. The molecule has 3 rings (SSSR count). The lowest BCUT2D eigenvalue weighted by molar-refractivity contribution is 0.511. The maximum Gasteiger partial charge on any atom is 0.159 e. The number of halogens is 3. The SMILES string of the molecule is Fc1ccc2cc3cc(F)c(F)cc3cc2c1. The summed E-state index contributed by atoms with van der Waals surface area (Å²) in [4.78, 5) is 0. The largest absolute Gasteiger partial charge is 0.207 e. The van der Waals surface area contributed by atoms with E-state index in [4.69, 9.17) is 0 Å². The molecule has 0 radical (unpaired) electrons. The van der Waals surface area contributed by atoms with Crippen molar-refractivity contribution in [3.63, 3.8) is 0 Å². The summed E-state index contributed by atoms with van der Waals surface area (Å²) in [6, 6.07) is 9.96. The van der Waals surface area contributed by atoms with Crippen molar-refractivity contribution in [3.8, 4) is 0 Å². The van der Waals surface area contributed by atoms with Crippen molar-refractivity contribution >= 4 is 21.5 Å². The molecular weight excluding hydrogens is 225 g/mol. The Morgan fingerprint density at radius 2 is 1.06 bits per heavy atom. The Kier molecular flexibility index (Phi) is 2.08. The molecule has 0 saturated carbocycles. The third-order valence-electron chi connectivity index (χ3n) is 2.80. The number of benzene rings is 3. The molecule has 0 heterocycles. The summed E-state index contributed by atoms with van der Waals surface area (Å²) in [6.45, 7) is 0. The Morgan fingerprint density at radius 3 is 1.71 bits per heavy atom. The second-order valence-corrected chi connectivity index (χ2v) is 3.96. The van der Waals surface area contributed by atoms with E-state index in [1.165, 1.54) is 12.1 Å². The predicted octanol–water partition coefficient (Wildman–Crippen LogP) is 4.41. The van der Waals surface area contributed by atoms with E-state index in [1.54, 1.807) is 18.2 Å². The molecule has 0 N–H and O–H groups in total. The molecule has 0 bridgehead atoms. The van der Waals surface area contributed by atoms with Crippen LogP contribution in [-0.4, -0.2) is 0 Å². The van der Waals surface area contributed by atoms with Crippen molar-refractivity contribution in [1.29, 1.82) is 0 Å². The fraction of sp³-hybridized carbons (Fsp3) is 0. The molecule has 17 heavy (non-hydrogen) atoms. The van der Waals surface area contributed by atoms with E-state index in [-0.39, 0.29) is 5.82 Å². The van der Waals surface area contributed by atoms with Gasteiger partial charge in [-0.3, -0.25) is 0 Å². The molecule has 0 aliphatic rings. The number of rotatable bonds is 0. The van der Waals surface area contributed by atoms with Crippen LogP contribution in [0.25, 0.3) is 21.5 Å². The monoisotopic (exact) mass is 232 g/mol. The highest BCUT2D eigenvalue weighted by atomic mass is 19.2.